The lowest BCUT2D eigenvalue weighted by Crippen LogP contribution is -2.63. The molecular weight excluding hydrogens is 290 g/mol. The molecule has 2 fully saturated rings. The number of nitrogens with zero attached hydrogens (tertiary/aromatic N) is 2. The Morgan fingerprint density at radius 1 is 1.29 bits per heavy atom. The van der Waals surface area contributed by atoms with Crippen LogP contribution in [-0.4, -0.2) is 60.4 Å². The molecule has 2 aliphatic heterocycles. The minimum absolute atomic E-state index is 0. The number of likely N-dealkylation sites (N-methyl/N-ethyl adjacent to an activating group) is 1. The number of carbonyl (C=O) groups excluding carboxylic acids is 2. The molecule has 0 aromatic heterocycles. The van der Waals surface area contributed by atoms with Crippen molar-refractivity contribution < 1.29 is 9.59 Å². The van der Waals surface area contributed by atoms with Crippen molar-refractivity contribution in [1.29, 1.82) is 0 Å². The van der Waals surface area contributed by atoms with E-state index in [1.54, 1.807) is 9.80 Å². The smallest absolute Gasteiger partial charge is 0.247 e. The van der Waals surface area contributed by atoms with Gasteiger partial charge >= 0.3 is 0 Å². The van der Waals surface area contributed by atoms with Gasteiger partial charge in [0, 0.05) is 26.6 Å². The molecule has 0 aliphatic carbocycles. The molecule has 1 unspecified atom stereocenters. The van der Waals surface area contributed by atoms with Crippen molar-refractivity contribution in [2.45, 2.75) is 45.1 Å². The number of carbonyl (C=O) groups is 2. The minimum Gasteiger partial charge on any atom is -0.342 e. The number of rotatable bonds is 2. The zero-order valence-corrected chi connectivity index (χ0v) is 14.2. The molecule has 0 saturated carbocycles. The van der Waals surface area contributed by atoms with Crippen molar-refractivity contribution in [3.05, 3.63) is 0 Å². The number of hydrogen-bond donors (Lipinski definition) is 1. The summed E-state index contributed by atoms with van der Waals surface area (Å²) in [5.74, 6) is 0.644. The van der Waals surface area contributed by atoms with E-state index in [1.165, 1.54) is 0 Å². The van der Waals surface area contributed by atoms with Gasteiger partial charge in [0.25, 0.3) is 0 Å². The Kier molecular flexibility index (Phi) is 6.47. The zero-order valence-electron chi connectivity index (χ0n) is 13.4. The summed E-state index contributed by atoms with van der Waals surface area (Å²) in [4.78, 5) is 28.3. The lowest BCUT2D eigenvalue weighted by molar-refractivity contribution is -0.157. The van der Waals surface area contributed by atoms with Crippen LogP contribution < -0.4 is 5.32 Å². The van der Waals surface area contributed by atoms with Crippen LogP contribution in [0.5, 0.6) is 0 Å². The van der Waals surface area contributed by atoms with Crippen molar-refractivity contribution in [3.63, 3.8) is 0 Å². The highest BCUT2D eigenvalue weighted by atomic mass is 35.5. The van der Waals surface area contributed by atoms with Crippen LogP contribution in [0.15, 0.2) is 0 Å². The average Bonchev–Trinajstić information content (AvgIpc) is 2.64. The first-order valence-corrected chi connectivity index (χ1v) is 7.69. The average molecular weight is 318 g/mol. The van der Waals surface area contributed by atoms with Crippen LogP contribution in [-0.2, 0) is 9.59 Å². The highest BCUT2D eigenvalue weighted by Gasteiger charge is 2.43. The molecule has 5 nitrogen and oxygen atoms in total. The van der Waals surface area contributed by atoms with Crippen LogP contribution in [0.4, 0.5) is 0 Å². The first kappa shape index (κ1) is 18.2. The summed E-state index contributed by atoms with van der Waals surface area (Å²) in [6.07, 6.45) is 3.90. The lowest BCUT2D eigenvalue weighted by Gasteiger charge is -2.45. The van der Waals surface area contributed by atoms with Crippen molar-refractivity contribution in [2.24, 2.45) is 5.92 Å². The van der Waals surface area contributed by atoms with E-state index in [-0.39, 0.29) is 24.2 Å². The fraction of sp³-hybridized carbons (Fsp3) is 0.867. The molecule has 21 heavy (non-hydrogen) atoms. The largest absolute Gasteiger partial charge is 0.342 e. The van der Waals surface area contributed by atoms with Gasteiger partial charge in [0.2, 0.25) is 11.8 Å². The molecule has 2 aliphatic rings. The van der Waals surface area contributed by atoms with Gasteiger partial charge in [-0.15, -0.1) is 12.4 Å². The summed E-state index contributed by atoms with van der Waals surface area (Å²) < 4.78 is 0. The van der Waals surface area contributed by atoms with Gasteiger partial charge in [-0.1, -0.05) is 0 Å². The van der Waals surface area contributed by atoms with Crippen molar-refractivity contribution in [1.82, 2.24) is 15.1 Å². The standard InChI is InChI=1S/C15H27N3O2.ClH/c1-15(2)14(20)17(3)9-10-18(15)13(19)11-12-5-4-7-16-8-6-12;/h12,16H,4-11H2,1-3H3;1H. The number of hydrogen-bond acceptors (Lipinski definition) is 3. The quantitative estimate of drug-likeness (QED) is 0.834. The molecule has 0 spiro atoms. The third-order valence-electron chi connectivity index (χ3n) is 4.66. The molecule has 2 amide bonds. The second kappa shape index (κ2) is 7.45. The predicted molar refractivity (Wildman–Crippen MR) is 85.5 cm³/mol. The highest BCUT2D eigenvalue weighted by molar-refractivity contribution is 5.91. The van der Waals surface area contributed by atoms with Crippen molar-refractivity contribution in [3.8, 4) is 0 Å². The van der Waals surface area contributed by atoms with Gasteiger partial charge in [0.15, 0.2) is 0 Å². The molecule has 122 valence electrons. The molecule has 1 N–H and O–H groups in total. The van der Waals surface area contributed by atoms with Gasteiger partial charge in [-0.2, -0.15) is 0 Å². The van der Waals surface area contributed by atoms with E-state index in [0.717, 1.165) is 32.4 Å². The second-order valence-corrected chi connectivity index (χ2v) is 6.58. The van der Waals surface area contributed by atoms with Crippen LogP contribution in [0.1, 0.15) is 39.5 Å². The minimum atomic E-state index is -0.701. The normalized spacial score (nSPS) is 26.0. The summed E-state index contributed by atoms with van der Waals surface area (Å²) in [6.45, 7) is 7.07. The first-order chi connectivity index (χ1) is 9.43. The summed E-state index contributed by atoms with van der Waals surface area (Å²) in [5, 5.41) is 3.37. The molecule has 2 saturated heterocycles. The van der Waals surface area contributed by atoms with Gasteiger partial charge in [-0.25, -0.2) is 0 Å². The van der Waals surface area contributed by atoms with Crippen molar-refractivity contribution >= 4 is 24.2 Å². The molecule has 0 aromatic carbocycles. The Bertz CT molecular complexity index is 379. The van der Waals surface area contributed by atoms with Gasteiger partial charge in [-0.3, -0.25) is 9.59 Å². The van der Waals surface area contributed by atoms with Crippen LogP contribution in [0.25, 0.3) is 0 Å². The summed E-state index contributed by atoms with van der Waals surface area (Å²) >= 11 is 0. The van der Waals surface area contributed by atoms with E-state index < -0.39 is 5.54 Å². The number of nitrogens with one attached hydrogen (secondary N) is 1. The Labute approximate surface area is 133 Å². The van der Waals surface area contributed by atoms with Crippen molar-refractivity contribution in [2.75, 3.05) is 33.2 Å². The first-order valence-electron chi connectivity index (χ1n) is 7.69. The topological polar surface area (TPSA) is 52.6 Å². The molecule has 2 heterocycles. The van der Waals surface area contributed by atoms with Crippen LogP contribution in [0, 0.1) is 5.92 Å². The fourth-order valence-electron chi connectivity index (χ4n) is 3.30. The molecule has 0 bridgehead atoms. The number of piperazine rings is 1. The van der Waals surface area contributed by atoms with E-state index >= 15 is 0 Å². The predicted octanol–water partition coefficient (Wildman–Crippen LogP) is 1.27. The van der Waals surface area contributed by atoms with E-state index in [0.29, 0.717) is 25.4 Å². The van der Waals surface area contributed by atoms with Crippen LogP contribution in [0.3, 0.4) is 0 Å². The Balaban J connectivity index is 0.00000220. The van der Waals surface area contributed by atoms with E-state index in [4.69, 9.17) is 0 Å². The van der Waals surface area contributed by atoms with Gasteiger partial charge in [-0.05, 0) is 52.1 Å². The monoisotopic (exact) mass is 317 g/mol. The summed E-state index contributed by atoms with van der Waals surface area (Å²) in [7, 11) is 1.81. The Morgan fingerprint density at radius 2 is 2.00 bits per heavy atom. The molecule has 0 aromatic rings. The SMILES string of the molecule is CN1CCN(C(=O)CC2CCCNCC2)C(C)(C)C1=O.Cl. The molecule has 2 rings (SSSR count). The Hall–Kier alpha value is -0.810. The van der Waals surface area contributed by atoms with Crippen LogP contribution >= 0.6 is 12.4 Å². The molecular formula is C15H28ClN3O2. The summed E-state index contributed by atoms with van der Waals surface area (Å²) in [5.41, 5.74) is -0.701. The van der Waals surface area contributed by atoms with Gasteiger partial charge in [0.1, 0.15) is 5.54 Å². The highest BCUT2D eigenvalue weighted by Crippen LogP contribution is 2.25. The van der Waals surface area contributed by atoms with E-state index in [1.807, 2.05) is 20.9 Å². The maximum Gasteiger partial charge on any atom is 0.247 e. The lowest BCUT2D eigenvalue weighted by atomic mass is 9.92. The second-order valence-electron chi connectivity index (χ2n) is 6.58. The maximum atomic E-state index is 12.6. The third kappa shape index (κ3) is 4.10. The molecule has 1 atom stereocenters. The maximum absolute atomic E-state index is 12.6. The molecule has 0 radical (unpaired) electrons. The van der Waals surface area contributed by atoms with E-state index in [2.05, 4.69) is 5.32 Å². The number of amides is 2. The zero-order chi connectivity index (χ0) is 14.8. The number of halogens is 1. The molecule has 6 heteroatoms. The van der Waals surface area contributed by atoms with Gasteiger partial charge in [0.05, 0.1) is 0 Å². The van der Waals surface area contributed by atoms with Gasteiger partial charge < -0.3 is 15.1 Å². The third-order valence-corrected chi connectivity index (χ3v) is 4.66. The van der Waals surface area contributed by atoms with Crippen LogP contribution in [0.2, 0.25) is 0 Å². The Morgan fingerprint density at radius 3 is 2.71 bits per heavy atom. The summed E-state index contributed by atoms with van der Waals surface area (Å²) in [6, 6.07) is 0. The van der Waals surface area contributed by atoms with E-state index in [9.17, 15) is 9.59 Å². The fourth-order valence-corrected chi connectivity index (χ4v) is 3.30.